The molecule has 8 nitrogen and oxygen atoms in total. The number of hydrogen-bond acceptors (Lipinski definition) is 6. The van der Waals surface area contributed by atoms with E-state index in [4.69, 9.17) is 10.2 Å². The van der Waals surface area contributed by atoms with Crippen molar-refractivity contribution in [3.8, 4) is 5.75 Å². The first-order valence-electron chi connectivity index (χ1n) is 9.51. The lowest BCUT2D eigenvalue weighted by molar-refractivity contribution is -0.140. The van der Waals surface area contributed by atoms with Gasteiger partial charge < -0.3 is 20.4 Å². The third kappa shape index (κ3) is 10.9. The molecule has 0 spiro atoms. The molecule has 0 amide bonds. The topological polar surface area (TPSA) is 122 Å². The summed E-state index contributed by atoms with van der Waals surface area (Å²) in [4.78, 5) is 25.6. The van der Waals surface area contributed by atoms with Crippen molar-refractivity contribution < 1.29 is 30.0 Å². The number of carboxylic acid groups (broad SMARTS) is 2. The Kier molecular flexibility index (Phi) is 11.1. The number of aromatic hydroxyl groups is 1. The molecule has 4 N–H and O–H groups in total. The number of phenolic OH excluding ortho intramolecular Hbond substituents is 1. The highest BCUT2D eigenvalue weighted by Gasteiger charge is 2.16. The quantitative estimate of drug-likeness (QED) is 0.275. The number of hydrogen-bond donors (Lipinski definition) is 4. The summed E-state index contributed by atoms with van der Waals surface area (Å²) in [5.41, 5.74) is 0.599. The molecule has 0 fully saturated rings. The van der Waals surface area contributed by atoms with Crippen molar-refractivity contribution in [1.29, 1.82) is 0 Å². The van der Waals surface area contributed by atoms with Crippen molar-refractivity contribution in [2.45, 2.75) is 26.3 Å². The molecule has 0 aliphatic heterocycles. The molecule has 0 aliphatic rings. The molecule has 0 saturated carbocycles. The molecule has 0 aliphatic carbocycles. The highest BCUT2D eigenvalue weighted by molar-refractivity contribution is 5.69. The minimum absolute atomic E-state index is 0.0838. The fraction of sp³-hybridized carbons (Fsp3) is 0.429. The summed E-state index contributed by atoms with van der Waals surface area (Å²) in [6.07, 6.45) is 6.37. The zero-order chi connectivity index (χ0) is 21.6. The van der Waals surface area contributed by atoms with E-state index in [1.54, 1.807) is 40.2 Å². The van der Waals surface area contributed by atoms with Crippen molar-refractivity contribution in [1.82, 2.24) is 9.80 Å². The summed E-state index contributed by atoms with van der Waals surface area (Å²) in [7, 11) is 0. The second kappa shape index (κ2) is 13.4. The molecular weight excluding hydrogens is 376 g/mol. The Balaban J connectivity index is 2.72. The van der Waals surface area contributed by atoms with Crippen molar-refractivity contribution in [2.75, 3.05) is 32.7 Å². The Hall–Kier alpha value is -2.84. The molecule has 8 heteroatoms. The van der Waals surface area contributed by atoms with Gasteiger partial charge in [-0.1, -0.05) is 37.3 Å². The third-order valence-corrected chi connectivity index (χ3v) is 4.18. The van der Waals surface area contributed by atoms with Crippen LogP contribution in [-0.2, 0) is 16.1 Å². The molecule has 0 radical (unpaired) electrons. The van der Waals surface area contributed by atoms with Gasteiger partial charge in [0, 0.05) is 38.2 Å². The number of para-hydroxylation sites is 1. The third-order valence-electron chi connectivity index (χ3n) is 4.18. The first kappa shape index (κ1) is 24.2. The molecule has 0 bridgehead atoms. The minimum atomic E-state index is -1.01. The van der Waals surface area contributed by atoms with E-state index in [1.165, 1.54) is 6.07 Å². The number of allylic oxidation sites excluding steroid dienone is 3. The average Bonchev–Trinajstić information content (AvgIpc) is 2.65. The van der Waals surface area contributed by atoms with Crippen molar-refractivity contribution >= 4 is 11.9 Å². The van der Waals surface area contributed by atoms with E-state index in [0.29, 0.717) is 31.6 Å². The van der Waals surface area contributed by atoms with Gasteiger partial charge in [0.25, 0.3) is 0 Å². The molecule has 0 atom stereocenters. The predicted molar refractivity (Wildman–Crippen MR) is 110 cm³/mol. The number of carboxylic acids is 2. The highest BCUT2D eigenvalue weighted by Crippen LogP contribution is 2.17. The molecule has 1 aromatic carbocycles. The maximum absolute atomic E-state index is 11.2. The van der Waals surface area contributed by atoms with Gasteiger partial charge in [0.1, 0.15) is 5.75 Å². The van der Waals surface area contributed by atoms with E-state index in [2.05, 4.69) is 0 Å². The number of aliphatic hydroxyl groups is 1. The van der Waals surface area contributed by atoms with Crippen LogP contribution in [0.3, 0.4) is 0 Å². The lowest BCUT2D eigenvalue weighted by Crippen LogP contribution is -2.40. The molecule has 0 aromatic heterocycles. The second-order valence-corrected chi connectivity index (χ2v) is 6.65. The second-order valence-electron chi connectivity index (χ2n) is 6.65. The van der Waals surface area contributed by atoms with E-state index >= 15 is 0 Å². The number of benzene rings is 1. The predicted octanol–water partition coefficient (Wildman–Crippen LogP) is 2.46. The normalized spacial score (nSPS) is 12.2. The van der Waals surface area contributed by atoms with Gasteiger partial charge in [-0.15, -0.1) is 0 Å². The summed E-state index contributed by atoms with van der Waals surface area (Å²) in [6, 6.07) is 6.69. The summed E-state index contributed by atoms with van der Waals surface area (Å²) in [6.45, 7) is 2.70. The first-order valence-corrected chi connectivity index (χ1v) is 9.51. The summed E-state index contributed by atoms with van der Waals surface area (Å²) < 4.78 is 0. The van der Waals surface area contributed by atoms with Crippen LogP contribution in [0.2, 0.25) is 0 Å². The Morgan fingerprint density at radius 1 is 0.966 bits per heavy atom. The van der Waals surface area contributed by atoms with E-state index in [-0.39, 0.29) is 31.1 Å². The van der Waals surface area contributed by atoms with Crippen LogP contribution < -0.4 is 0 Å². The highest BCUT2D eigenvalue weighted by atomic mass is 16.4. The van der Waals surface area contributed by atoms with Crippen LogP contribution in [0.4, 0.5) is 0 Å². The Bertz CT molecular complexity index is 717. The molecular formula is C21H30N2O6. The first-order chi connectivity index (χ1) is 13.8. The number of nitrogens with zero attached hydrogens (tertiary/aromatic N) is 2. The maximum Gasteiger partial charge on any atom is 0.317 e. The molecule has 0 saturated heterocycles. The lowest BCUT2D eigenvalue weighted by Gasteiger charge is -2.26. The zero-order valence-electron chi connectivity index (χ0n) is 16.7. The average molecular weight is 406 g/mol. The summed E-state index contributed by atoms with van der Waals surface area (Å²) in [5, 5.41) is 38.1. The summed E-state index contributed by atoms with van der Waals surface area (Å²) >= 11 is 0. The monoisotopic (exact) mass is 406 g/mol. The molecule has 1 rings (SSSR count). The smallest absolute Gasteiger partial charge is 0.317 e. The van der Waals surface area contributed by atoms with Gasteiger partial charge in [-0.2, -0.15) is 0 Å². The van der Waals surface area contributed by atoms with Crippen molar-refractivity contribution in [3.63, 3.8) is 0 Å². The standard InChI is InChI=1S/C21H30N2O6/c1-2-3-4-8-18(24)10-11-22(15-20(26)27)12-13-23(16-21(28)29)14-17-7-5-6-9-19(17)25/h3-9,24-25H,2,10-16H2,1H3,(H,26,27)(H,28,29)/b4-3-,18-8+. The lowest BCUT2D eigenvalue weighted by atomic mass is 10.2. The largest absolute Gasteiger partial charge is 0.512 e. The fourth-order valence-electron chi connectivity index (χ4n) is 2.71. The van der Waals surface area contributed by atoms with Gasteiger partial charge in [0.15, 0.2) is 0 Å². The van der Waals surface area contributed by atoms with Gasteiger partial charge in [0.2, 0.25) is 0 Å². The van der Waals surface area contributed by atoms with E-state index in [1.807, 2.05) is 13.0 Å². The van der Waals surface area contributed by atoms with Crippen LogP contribution in [0.15, 0.2) is 48.3 Å². The molecule has 29 heavy (non-hydrogen) atoms. The molecule has 0 unspecified atom stereocenters. The molecule has 0 heterocycles. The van der Waals surface area contributed by atoms with E-state index in [0.717, 1.165) is 6.42 Å². The van der Waals surface area contributed by atoms with Crippen molar-refractivity contribution in [3.05, 3.63) is 53.8 Å². The minimum Gasteiger partial charge on any atom is -0.512 e. The summed E-state index contributed by atoms with van der Waals surface area (Å²) in [5.74, 6) is -1.76. The SMILES string of the molecule is CC/C=C\C=C(\O)CCN(CCN(CC(=O)O)Cc1ccccc1O)CC(=O)O. The van der Waals surface area contributed by atoms with Crippen molar-refractivity contribution in [2.24, 2.45) is 0 Å². The number of rotatable bonds is 14. The number of phenols is 1. The van der Waals surface area contributed by atoms with Crippen LogP contribution in [0.5, 0.6) is 5.75 Å². The Morgan fingerprint density at radius 2 is 1.59 bits per heavy atom. The number of aliphatic carboxylic acids is 2. The van der Waals surface area contributed by atoms with E-state index < -0.39 is 11.9 Å². The fourth-order valence-corrected chi connectivity index (χ4v) is 2.71. The van der Waals surface area contributed by atoms with Gasteiger partial charge in [0.05, 0.1) is 18.8 Å². The van der Waals surface area contributed by atoms with Gasteiger partial charge in [-0.25, -0.2) is 0 Å². The van der Waals surface area contributed by atoms with E-state index in [9.17, 15) is 19.8 Å². The number of carbonyl (C=O) groups is 2. The maximum atomic E-state index is 11.2. The van der Waals surface area contributed by atoms with Crippen LogP contribution in [0, 0.1) is 0 Å². The zero-order valence-corrected chi connectivity index (χ0v) is 16.7. The Labute approximate surface area is 171 Å². The van der Waals surface area contributed by atoms with Gasteiger partial charge >= 0.3 is 11.9 Å². The van der Waals surface area contributed by atoms with Crippen LogP contribution in [-0.4, -0.2) is 74.9 Å². The number of aliphatic hydroxyl groups excluding tert-OH is 1. The van der Waals surface area contributed by atoms with Crippen LogP contribution in [0.25, 0.3) is 0 Å². The molecule has 1 aromatic rings. The van der Waals surface area contributed by atoms with Gasteiger partial charge in [-0.3, -0.25) is 19.4 Å². The van der Waals surface area contributed by atoms with Crippen LogP contribution in [0.1, 0.15) is 25.3 Å². The van der Waals surface area contributed by atoms with Crippen LogP contribution >= 0.6 is 0 Å². The van der Waals surface area contributed by atoms with Gasteiger partial charge in [-0.05, 0) is 18.6 Å². The Morgan fingerprint density at radius 3 is 2.21 bits per heavy atom. The molecule has 160 valence electrons.